The summed E-state index contributed by atoms with van der Waals surface area (Å²) in [7, 11) is 3.24. The fourth-order valence-corrected chi connectivity index (χ4v) is 3.33. The second-order valence-electron chi connectivity index (χ2n) is 6.74. The number of carbonyl (C=O) groups excluding carboxylic acids is 1. The predicted octanol–water partition coefficient (Wildman–Crippen LogP) is 3.70. The van der Waals surface area contributed by atoms with Gasteiger partial charge < -0.3 is 19.8 Å². The van der Waals surface area contributed by atoms with Gasteiger partial charge in [0.25, 0.3) is 0 Å². The van der Waals surface area contributed by atoms with Crippen molar-refractivity contribution in [1.82, 2.24) is 10.3 Å². The third-order valence-corrected chi connectivity index (χ3v) is 4.80. The van der Waals surface area contributed by atoms with Crippen LogP contribution in [0.25, 0.3) is 10.9 Å². The van der Waals surface area contributed by atoms with Gasteiger partial charge in [-0.25, -0.2) is 0 Å². The maximum atomic E-state index is 12.4. The summed E-state index contributed by atoms with van der Waals surface area (Å²) in [6, 6.07) is 12.1. The van der Waals surface area contributed by atoms with Crippen molar-refractivity contribution >= 4 is 16.8 Å². The van der Waals surface area contributed by atoms with E-state index < -0.39 is 0 Å². The van der Waals surface area contributed by atoms with Gasteiger partial charge in [-0.15, -0.1) is 0 Å². The van der Waals surface area contributed by atoms with Gasteiger partial charge in [-0.05, 0) is 55.7 Å². The van der Waals surface area contributed by atoms with Gasteiger partial charge in [-0.2, -0.15) is 0 Å². The number of amides is 1. The summed E-state index contributed by atoms with van der Waals surface area (Å²) >= 11 is 0. The molecule has 0 aliphatic heterocycles. The number of aromatic nitrogens is 1. The Balaban J connectivity index is 1.61. The molecule has 0 saturated carbocycles. The van der Waals surface area contributed by atoms with Gasteiger partial charge in [-0.3, -0.25) is 4.79 Å². The first kappa shape index (κ1) is 18.8. The van der Waals surface area contributed by atoms with Crippen molar-refractivity contribution in [1.29, 1.82) is 0 Å². The molecule has 5 heteroatoms. The van der Waals surface area contributed by atoms with Gasteiger partial charge in [0.2, 0.25) is 5.91 Å². The number of benzene rings is 2. The minimum absolute atomic E-state index is 0.0287. The van der Waals surface area contributed by atoms with Crippen LogP contribution in [0.3, 0.4) is 0 Å². The molecule has 142 valence electrons. The van der Waals surface area contributed by atoms with Crippen molar-refractivity contribution in [3.8, 4) is 11.5 Å². The number of aryl methyl sites for hydroxylation is 2. The third-order valence-electron chi connectivity index (χ3n) is 4.80. The minimum atomic E-state index is 0.0287. The number of carbonyl (C=O) groups is 1. The second kappa shape index (κ2) is 8.16. The zero-order valence-electron chi connectivity index (χ0n) is 16.3. The summed E-state index contributed by atoms with van der Waals surface area (Å²) in [6.45, 7) is 4.66. The first-order valence-corrected chi connectivity index (χ1v) is 9.07. The van der Waals surface area contributed by atoms with Crippen LogP contribution < -0.4 is 14.8 Å². The van der Waals surface area contributed by atoms with Crippen molar-refractivity contribution in [3.63, 3.8) is 0 Å². The van der Waals surface area contributed by atoms with Crippen LogP contribution in [0.5, 0.6) is 11.5 Å². The molecule has 1 amide bonds. The maximum Gasteiger partial charge on any atom is 0.224 e. The summed E-state index contributed by atoms with van der Waals surface area (Å²) < 4.78 is 10.6. The van der Waals surface area contributed by atoms with Crippen LogP contribution in [0.15, 0.2) is 36.4 Å². The first-order chi connectivity index (χ1) is 13.0. The highest BCUT2D eigenvalue weighted by Gasteiger charge is 2.12. The summed E-state index contributed by atoms with van der Waals surface area (Å²) in [5, 5.41) is 4.14. The Morgan fingerprint density at radius 3 is 2.56 bits per heavy atom. The zero-order chi connectivity index (χ0) is 19.4. The topological polar surface area (TPSA) is 63.3 Å². The lowest BCUT2D eigenvalue weighted by molar-refractivity contribution is -0.120. The van der Waals surface area contributed by atoms with Crippen LogP contribution in [-0.2, 0) is 17.6 Å². The molecule has 27 heavy (non-hydrogen) atoms. The van der Waals surface area contributed by atoms with Gasteiger partial charge in [0, 0.05) is 23.1 Å². The molecule has 0 bridgehead atoms. The number of ether oxygens (including phenoxy) is 2. The van der Waals surface area contributed by atoms with Gasteiger partial charge in [0.05, 0.1) is 20.6 Å². The monoisotopic (exact) mass is 366 g/mol. The summed E-state index contributed by atoms with van der Waals surface area (Å²) in [5.41, 5.74) is 5.47. The Kier molecular flexibility index (Phi) is 5.69. The highest BCUT2D eigenvalue weighted by molar-refractivity contribution is 5.90. The second-order valence-corrected chi connectivity index (χ2v) is 6.74. The number of hydrogen-bond acceptors (Lipinski definition) is 3. The van der Waals surface area contributed by atoms with Crippen LogP contribution in [-0.4, -0.2) is 31.7 Å². The number of nitrogens with one attached hydrogen (secondary N) is 2. The number of aromatic amines is 1. The van der Waals surface area contributed by atoms with Crippen molar-refractivity contribution in [2.24, 2.45) is 0 Å². The smallest absolute Gasteiger partial charge is 0.224 e. The standard InChI is InChI=1S/C22H26N2O3/c1-14-5-7-19-18(11-14)17(15(2)24-19)13-22(25)23-10-9-16-6-8-20(26-3)21(12-16)27-4/h5-8,11-12,24H,9-10,13H2,1-4H3,(H,23,25). The third kappa shape index (κ3) is 4.25. The maximum absolute atomic E-state index is 12.4. The quantitative estimate of drug-likeness (QED) is 0.670. The molecule has 0 fully saturated rings. The normalized spacial score (nSPS) is 10.8. The molecular weight excluding hydrogens is 340 g/mol. The Labute approximate surface area is 159 Å². The molecule has 3 aromatic rings. The van der Waals surface area contributed by atoms with E-state index in [1.807, 2.05) is 25.1 Å². The molecule has 5 nitrogen and oxygen atoms in total. The van der Waals surface area contributed by atoms with Crippen molar-refractivity contribution in [3.05, 3.63) is 58.8 Å². The Bertz CT molecular complexity index is 960. The van der Waals surface area contributed by atoms with E-state index in [9.17, 15) is 4.79 Å². The molecule has 2 aromatic carbocycles. The fourth-order valence-electron chi connectivity index (χ4n) is 3.33. The molecule has 1 aromatic heterocycles. The van der Waals surface area contributed by atoms with Crippen LogP contribution in [0.2, 0.25) is 0 Å². The number of H-pyrrole nitrogens is 1. The highest BCUT2D eigenvalue weighted by Crippen LogP contribution is 2.27. The lowest BCUT2D eigenvalue weighted by Gasteiger charge is -2.10. The molecule has 2 N–H and O–H groups in total. The van der Waals surface area contributed by atoms with Crippen LogP contribution in [0.1, 0.15) is 22.4 Å². The number of methoxy groups -OCH3 is 2. The lowest BCUT2D eigenvalue weighted by Crippen LogP contribution is -2.27. The Morgan fingerprint density at radius 2 is 1.81 bits per heavy atom. The van der Waals surface area contributed by atoms with E-state index in [0.717, 1.165) is 34.1 Å². The van der Waals surface area contributed by atoms with E-state index in [-0.39, 0.29) is 5.91 Å². The predicted molar refractivity (Wildman–Crippen MR) is 108 cm³/mol. The van der Waals surface area contributed by atoms with Gasteiger partial charge >= 0.3 is 0 Å². The molecule has 0 saturated heterocycles. The van der Waals surface area contributed by atoms with E-state index in [2.05, 4.69) is 35.4 Å². The molecule has 3 rings (SSSR count). The van der Waals surface area contributed by atoms with Crippen molar-refractivity contribution in [2.45, 2.75) is 26.7 Å². The fraction of sp³-hybridized carbons (Fsp3) is 0.318. The average molecular weight is 366 g/mol. The van der Waals surface area contributed by atoms with Crippen molar-refractivity contribution in [2.75, 3.05) is 20.8 Å². The molecule has 0 atom stereocenters. The lowest BCUT2D eigenvalue weighted by atomic mass is 10.1. The minimum Gasteiger partial charge on any atom is -0.493 e. The van der Waals surface area contributed by atoms with Crippen LogP contribution >= 0.6 is 0 Å². The molecule has 0 unspecified atom stereocenters. The largest absolute Gasteiger partial charge is 0.493 e. The molecule has 1 heterocycles. The highest BCUT2D eigenvalue weighted by atomic mass is 16.5. The SMILES string of the molecule is COc1ccc(CCNC(=O)Cc2c(C)[nH]c3ccc(C)cc23)cc1OC. The summed E-state index contributed by atoms with van der Waals surface area (Å²) in [4.78, 5) is 15.8. The molecule has 0 aliphatic rings. The summed E-state index contributed by atoms with van der Waals surface area (Å²) in [6.07, 6.45) is 1.11. The van der Waals surface area contributed by atoms with Crippen LogP contribution in [0.4, 0.5) is 0 Å². The van der Waals surface area contributed by atoms with E-state index >= 15 is 0 Å². The van der Waals surface area contributed by atoms with Crippen LogP contribution in [0, 0.1) is 13.8 Å². The molecule has 0 aliphatic carbocycles. The first-order valence-electron chi connectivity index (χ1n) is 9.07. The summed E-state index contributed by atoms with van der Waals surface area (Å²) in [5.74, 6) is 1.43. The van der Waals surface area contributed by atoms with Gasteiger partial charge in [0.1, 0.15) is 0 Å². The molecular formula is C22H26N2O3. The van der Waals surface area contributed by atoms with Crippen molar-refractivity contribution < 1.29 is 14.3 Å². The van der Waals surface area contributed by atoms with E-state index in [1.165, 1.54) is 5.56 Å². The Morgan fingerprint density at radius 1 is 1.04 bits per heavy atom. The average Bonchev–Trinajstić information content (AvgIpc) is 2.96. The molecule has 0 spiro atoms. The van der Waals surface area contributed by atoms with E-state index in [4.69, 9.17) is 9.47 Å². The number of fused-ring (bicyclic) bond motifs is 1. The van der Waals surface area contributed by atoms with Gasteiger partial charge in [0.15, 0.2) is 11.5 Å². The van der Waals surface area contributed by atoms with E-state index in [0.29, 0.717) is 24.5 Å². The number of rotatable bonds is 7. The van der Waals surface area contributed by atoms with E-state index in [1.54, 1.807) is 14.2 Å². The van der Waals surface area contributed by atoms with Gasteiger partial charge in [-0.1, -0.05) is 17.7 Å². The molecule has 0 radical (unpaired) electrons. The zero-order valence-corrected chi connectivity index (χ0v) is 16.3. The Hall–Kier alpha value is -2.95. The number of hydrogen-bond donors (Lipinski definition) is 2.